The topological polar surface area (TPSA) is 54.4 Å². The predicted molar refractivity (Wildman–Crippen MR) is 127 cm³/mol. The van der Waals surface area contributed by atoms with Crippen LogP contribution in [-0.2, 0) is 6.61 Å². The van der Waals surface area contributed by atoms with Crippen molar-refractivity contribution in [2.24, 2.45) is 0 Å². The van der Waals surface area contributed by atoms with Gasteiger partial charge in [0.1, 0.15) is 30.3 Å². The number of nitrogens with zero attached hydrogens (tertiary/aromatic N) is 5. The second kappa shape index (κ2) is 9.47. The van der Waals surface area contributed by atoms with Gasteiger partial charge in [-0.15, -0.1) is 0 Å². The fourth-order valence-electron chi connectivity index (χ4n) is 3.91. The summed E-state index contributed by atoms with van der Waals surface area (Å²) in [5.41, 5.74) is 2.97. The summed E-state index contributed by atoms with van der Waals surface area (Å²) in [5.74, 6) is 2.79. The van der Waals surface area contributed by atoms with E-state index >= 15 is 0 Å². The van der Waals surface area contributed by atoms with E-state index in [-0.39, 0.29) is 0 Å². The van der Waals surface area contributed by atoms with Crippen molar-refractivity contribution >= 4 is 11.6 Å². The van der Waals surface area contributed by atoms with Gasteiger partial charge in [0.15, 0.2) is 0 Å². The van der Waals surface area contributed by atoms with Gasteiger partial charge in [0.2, 0.25) is 0 Å². The highest BCUT2D eigenvalue weighted by atomic mass is 16.5. The molecule has 0 N–H and O–H groups in total. The van der Waals surface area contributed by atoms with Gasteiger partial charge in [-0.1, -0.05) is 48.5 Å². The average Bonchev–Trinajstić information content (AvgIpc) is 2.89. The van der Waals surface area contributed by atoms with Gasteiger partial charge in [-0.25, -0.2) is 15.0 Å². The molecule has 1 saturated heterocycles. The predicted octanol–water partition coefficient (Wildman–Crippen LogP) is 4.44. The lowest BCUT2D eigenvalue weighted by Crippen LogP contribution is -2.47. The summed E-state index contributed by atoms with van der Waals surface area (Å²) < 4.78 is 6.14. The molecule has 0 unspecified atom stereocenters. The maximum Gasteiger partial charge on any atom is 0.132 e. The van der Waals surface area contributed by atoms with Crippen molar-refractivity contribution in [1.29, 1.82) is 0 Å². The van der Waals surface area contributed by atoms with Crippen molar-refractivity contribution in [2.45, 2.75) is 6.61 Å². The van der Waals surface area contributed by atoms with Crippen molar-refractivity contribution in [3.8, 4) is 17.0 Å². The molecule has 160 valence electrons. The number of para-hydroxylation sites is 1. The molecule has 0 spiro atoms. The van der Waals surface area contributed by atoms with Crippen molar-refractivity contribution in [2.75, 3.05) is 36.0 Å². The van der Waals surface area contributed by atoms with Gasteiger partial charge in [-0.05, 0) is 29.8 Å². The molecule has 0 bridgehead atoms. The van der Waals surface area contributed by atoms with Crippen LogP contribution in [0, 0.1) is 0 Å². The third kappa shape index (κ3) is 4.54. The first kappa shape index (κ1) is 20.0. The second-order valence-corrected chi connectivity index (χ2v) is 7.69. The highest BCUT2D eigenvalue weighted by Gasteiger charge is 2.20. The summed E-state index contributed by atoms with van der Waals surface area (Å²) in [6.07, 6.45) is 3.49. The number of piperazine rings is 1. The molecule has 1 aliphatic heterocycles. The Labute approximate surface area is 188 Å². The standard InChI is InChI=1S/C26H25N5O/c1-2-8-21(9-3-1)19-32-24-11-5-4-10-22(24)23-18-26(29-20-28-23)31-16-14-30(15-17-31)25-12-6-7-13-27-25/h1-13,18,20H,14-17,19H2. The molecule has 6 heteroatoms. The SMILES string of the molecule is c1ccc(COc2ccccc2-c2cc(N3CCN(c4ccccn4)CC3)ncn2)cc1. The van der Waals surface area contributed by atoms with Crippen LogP contribution >= 0.6 is 0 Å². The van der Waals surface area contributed by atoms with Gasteiger partial charge in [0.05, 0.1) is 5.69 Å². The zero-order valence-electron chi connectivity index (χ0n) is 17.8. The summed E-state index contributed by atoms with van der Waals surface area (Å²) in [4.78, 5) is 18.2. The summed E-state index contributed by atoms with van der Waals surface area (Å²) in [5, 5.41) is 0. The van der Waals surface area contributed by atoms with E-state index in [1.807, 2.05) is 60.8 Å². The molecule has 6 nitrogen and oxygen atoms in total. The highest BCUT2D eigenvalue weighted by molar-refractivity contribution is 5.69. The van der Waals surface area contributed by atoms with E-state index in [1.165, 1.54) is 0 Å². The number of benzene rings is 2. The fraction of sp³-hybridized carbons (Fsp3) is 0.192. The Morgan fingerprint density at radius 2 is 1.41 bits per heavy atom. The minimum Gasteiger partial charge on any atom is -0.488 e. The van der Waals surface area contributed by atoms with E-state index < -0.39 is 0 Å². The summed E-state index contributed by atoms with van der Waals surface area (Å²) >= 11 is 0. The first-order valence-corrected chi connectivity index (χ1v) is 10.9. The third-order valence-electron chi connectivity index (χ3n) is 5.63. The lowest BCUT2D eigenvalue weighted by Gasteiger charge is -2.36. The number of rotatable bonds is 6. The van der Waals surface area contributed by atoms with E-state index in [4.69, 9.17) is 4.74 Å². The molecule has 32 heavy (non-hydrogen) atoms. The first-order chi connectivity index (χ1) is 15.9. The number of aromatic nitrogens is 3. The van der Waals surface area contributed by atoms with Crippen molar-refractivity contribution in [1.82, 2.24) is 15.0 Å². The number of anilines is 2. The third-order valence-corrected chi connectivity index (χ3v) is 5.63. The molecule has 1 fully saturated rings. The van der Waals surface area contributed by atoms with Crippen LogP contribution in [0.3, 0.4) is 0 Å². The Balaban J connectivity index is 1.31. The van der Waals surface area contributed by atoms with Crippen LogP contribution in [0.15, 0.2) is 91.4 Å². The van der Waals surface area contributed by atoms with Crippen LogP contribution in [0.25, 0.3) is 11.3 Å². The van der Waals surface area contributed by atoms with Gasteiger partial charge in [0, 0.05) is 44.0 Å². The summed E-state index contributed by atoms with van der Waals surface area (Å²) in [6, 6.07) is 26.3. The largest absolute Gasteiger partial charge is 0.488 e. The number of hydrogen-bond acceptors (Lipinski definition) is 6. The number of hydrogen-bond donors (Lipinski definition) is 0. The molecule has 5 rings (SSSR count). The summed E-state index contributed by atoms with van der Waals surface area (Å²) in [6.45, 7) is 4.11. The molecule has 0 aliphatic carbocycles. The highest BCUT2D eigenvalue weighted by Crippen LogP contribution is 2.30. The smallest absolute Gasteiger partial charge is 0.132 e. The lowest BCUT2D eigenvalue weighted by atomic mass is 10.1. The minimum absolute atomic E-state index is 0.519. The second-order valence-electron chi connectivity index (χ2n) is 7.69. The van der Waals surface area contributed by atoms with Crippen molar-refractivity contribution < 1.29 is 4.74 Å². The van der Waals surface area contributed by atoms with Crippen LogP contribution in [0.2, 0.25) is 0 Å². The van der Waals surface area contributed by atoms with Crippen LogP contribution < -0.4 is 14.5 Å². The van der Waals surface area contributed by atoms with E-state index in [0.717, 1.165) is 60.4 Å². The molecular weight excluding hydrogens is 398 g/mol. The average molecular weight is 424 g/mol. The van der Waals surface area contributed by atoms with E-state index in [2.05, 4.69) is 49.0 Å². The summed E-state index contributed by atoms with van der Waals surface area (Å²) in [7, 11) is 0. The molecule has 3 heterocycles. The number of ether oxygens (including phenoxy) is 1. The lowest BCUT2D eigenvalue weighted by molar-refractivity contribution is 0.307. The monoisotopic (exact) mass is 423 g/mol. The van der Waals surface area contributed by atoms with Crippen molar-refractivity contribution in [3.63, 3.8) is 0 Å². The van der Waals surface area contributed by atoms with Gasteiger partial charge >= 0.3 is 0 Å². The maximum absolute atomic E-state index is 6.14. The fourth-order valence-corrected chi connectivity index (χ4v) is 3.91. The molecule has 1 aliphatic rings. The normalized spacial score (nSPS) is 13.8. The Kier molecular flexibility index (Phi) is 5.92. The van der Waals surface area contributed by atoms with E-state index in [0.29, 0.717) is 6.61 Å². The molecule has 0 amide bonds. The van der Waals surface area contributed by atoms with Gasteiger partial charge < -0.3 is 14.5 Å². The van der Waals surface area contributed by atoms with Gasteiger partial charge in [-0.2, -0.15) is 0 Å². The van der Waals surface area contributed by atoms with E-state index in [9.17, 15) is 0 Å². The minimum atomic E-state index is 0.519. The van der Waals surface area contributed by atoms with Crippen LogP contribution in [0.4, 0.5) is 11.6 Å². The zero-order valence-corrected chi connectivity index (χ0v) is 17.8. The Morgan fingerprint density at radius 1 is 0.688 bits per heavy atom. The zero-order chi connectivity index (χ0) is 21.6. The van der Waals surface area contributed by atoms with E-state index in [1.54, 1.807) is 6.33 Å². The molecule has 0 atom stereocenters. The van der Waals surface area contributed by atoms with Crippen molar-refractivity contribution in [3.05, 3.63) is 97.0 Å². The molecule has 2 aromatic heterocycles. The Hall–Kier alpha value is -3.93. The number of pyridine rings is 1. The van der Waals surface area contributed by atoms with Gasteiger partial charge in [-0.3, -0.25) is 0 Å². The molecule has 0 radical (unpaired) electrons. The maximum atomic E-state index is 6.14. The van der Waals surface area contributed by atoms with Crippen LogP contribution in [0.1, 0.15) is 5.56 Å². The first-order valence-electron chi connectivity index (χ1n) is 10.9. The molecular formula is C26H25N5O. The molecule has 2 aromatic carbocycles. The Bertz CT molecular complexity index is 1140. The quantitative estimate of drug-likeness (QED) is 0.457. The molecule has 4 aromatic rings. The van der Waals surface area contributed by atoms with Crippen LogP contribution in [0.5, 0.6) is 5.75 Å². The Morgan fingerprint density at radius 3 is 2.19 bits per heavy atom. The van der Waals surface area contributed by atoms with Gasteiger partial charge in [0.25, 0.3) is 0 Å². The van der Waals surface area contributed by atoms with Crippen LogP contribution in [-0.4, -0.2) is 41.1 Å². The molecule has 0 saturated carbocycles.